The number of rotatable bonds is 4. The molecule has 1 aliphatic carbocycles. The molecule has 2 heterocycles. The summed E-state index contributed by atoms with van der Waals surface area (Å²) in [6.07, 6.45) is 8.14. The molecule has 1 saturated carbocycles. The van der Waals surface area contributed by atoms with Gasteiger partial charge in [-0.05, 0) is 45.1 Å². The van der Waals surface area contributed by atoms with E-state index in [1.165, 1.54) is 51.6 Å². The molecule has 2 unspecified atom stereocenters. The number of hydrogen-bond donors (Lipinski definition) is 1. The average Bonchev–Trinajstić information content (AvgIpc) is 3.09. The van der Waals surface area contributed by atoms with E-state index in [1.807, 2.05) is 4.90 Å². The Bertz CT molecular complexity index is 402. The van der Waals surface area contributed by atoms with Gasteiger partial charge in [0.2, 0.25) is 0 Å². The van der Waals surface area contributed by atoms with Crippen molar-refractivity contribution in [2.45, 2.75) is 64.5 Å². The van der Waals surface area contributed by atoms with Gasteiger partial charge in [-0.15, -0.1) is 0 Å². The fourth-order valence-corrected chi connectivity index (χ4v) is 4.75. The Morgan fingerprint density at radius 2 is 1.75 bits per heavy atom. The number of nitrogens with zero attached hydrogens (tertiary/aromatic N) is 3. The van der Waals surface area contributed by atoms with Gasteiger partial charge < -0.3 is 15.1 Å². The van der Waals surface area contributed by atoms with Crippen LogP contribution in [0.25, 0.3) is 0 Å². The molecule has 0 aromatic rings. The van der Waals surface area contributed by atoms with Crippen molar-refractivity contribution in [2.24, 2.45) is 5.92 Å². The van der Waals surface area contributed by atoms with Crippen molar-refractivity contribution < 1.29 is 4.79 Å². The Labute approximate surface area is 147 Å². The quantitative estimate of drug-likeness (QED) is 0.857. The van der Waals surface area contributed by atoms with E-state index in [0.29, 0.717) is 0 Å². The number of carbonyl (C=O) groups is 1. The molecular formula is C19H36N4O. The highest BCUT2D eigenvalue weighted by Crippen LogP contribution is 2.24. The third-order valence-corrected chi connectivity index (χ3v) is 6.09. The molecule has 5 nitrogen and oxygen atoms in total. The molecule has 0 aromatic carbocycles. The van der Waals surface area contributed by atoms with E-state index in [9.17, 15) is 4.79 Å². The van der Waals surface area contributed by atoms with Crippen LogP contribution in [0.1, 0.15) is 52.4 Å². The lowest BCUT2D eigenvalue weighted by atomic mass is 10.00. The molecule has 138 valence electrons. The van der Waals surface area contributed by atoms with E-state index in [4.69, 9.17) is 0 Å². The normalized spacial score (nSPS) is 28.9. The third-order valence-electron chi connectivity index (χ3n) is 6.09. The molecule has 5 heteroatoms. The summed E-state index contributed by atoms with van der Waals surface area (Å²) in [6.45, 7) is 11.7. The van der Waals surface area contributed by atoms with Crippen molar-refractivity contribution in [1.82, 2.24) is 20.0 Å². The van der Waals surface area contributed by atoms with Gasteiger partial charge in [-0.1, -0.05) is 19.8 Å². The summed E-state index contributed by atoms with van der Waals surface area (Å²) in [4.78, 5) is 19.7. The molecule has 0 bridgehead atoms. The van der Waals surface area contributed by atoms with Gasteiger partial charge in [0.05, 0.1) is 0 Å². The Morgan fingerprint density at radius 1 is 1.04 bits per heavy atom. The number of piperazine rings is 1. The monoisotopic (exact) mass is 336 g/mol. The first-order valence-electron chi connectivity index (χ1n) is 10.1. The molecule has 1 N–H and O–H groups in total. The van der Waals surface area contributed by atoms with E-state index in [2.05, 4.69) is 29.0 Å². The number of urea groups is 1. The predicted octanol–water partition coefficient (Wildman–Crippen LogP) is 2.38. The number of piperidine rings is 1. The standard InChI is InChI=1S/C19H36N4O/c1-16-6-5-9-21(14-16)15-17(2)20-19(24)23-12-10-22(11-13-23)18-7-3-4-8-18/h16-18H,3-15H2,1-2H3,(H,20,24). The maximum Gasteiger partial charge on any atom is 0.317 e. The summed E-state index contributed by atoms with van der Waals surface area (Å²) >= 11 is 0. The van der Waals surface area contributed by atoms with Gasteiger partial charge in [-0.3, -0.25) is 4.90 Å². The van der Waals surface area contributed by atoms with Gasteiger partial charge >= 0.3 is 6.03 Å². The van der Waals surface area contributed by atoms with Gasteiger partial charge in [0.25, 0.3) is 0 Å². The van der Waals surface area contributed by atoms with Crippen LogP contribution in [0.4, 0.5) is 4.79 Å². The van der Waals surface area contributed by atoms with E-state index < -0.39 is 0 Å². The lowest BCUT2D eigenvalue weighted by molar-refractivity contribution is 0.106. The maximum atomic E-state index is 12.5. The van der Waals surface area contributed by atoms with Crippen LogP contribution in [-0.4, -0.2) is 78.6 Å². The summed E-state index contributed by atoms with van der Waals surface area (Å²) < 4.78 is 0. The zero-order valence-corrected chi connectivity index (χ0v) is 15.7. The highest BCUT2D eigenvalue weighted by Gasteiger charge is 2.28. The molecule has 3 fully saturated rings. The summed E-state index contributed by atoms with van der Waals surface area (Å²) in [5, 5.41) is 3.22. The first kappa shape index (κ1) is 18.0. The number of amides is 2. The van der Waals surface area contributed by atoms with Gasteiger partial charge in [-0.2, -0.15) is 0 Å². The van der Waals surface area contributed by atoms with E-state index in [-0.39, 0.29) is 12.1 Å². The first-order valence-corrected chi connectivity index (χ1v) is 10.1. The zero-order valence-electron chi connectivity index (χ0n) is 15.7. The van der Waals surface area contributed by atoms with Crippen LogP contribution in [0.15, 0.2) is 0 Å². The summed E-state index contributed by atoms with van der Waals surface area (Å²) in [6, 6.07) is 1.16. The van der Waals surface area contributed by atoms with Crippen molar-refractivity contribution in [3.05, 3.63) is 0 Å². The lowest BCUT2D eigenvalue weighted by Gasteiger charge is -2.39. The SMILES string of the molecule is CC1CCCN(CC(C)NC(=O)N2CCN(C3CCCC3)CC2)C1. The van der Waals surface area contributed by atoms with Gasteiger partial charge in [-0.25, -0.2) is 4.79 Å². The van der Waals surface area contributed by atoms with Crippen molar-refractivity contribution in [3.63, 3.8) is 0 Å². The van der Waals surface area contributed by atoms with Gasteiger partial charge in [0, 0.05) is 51.4 Å². The second-order valence-electron chi connectivity index (χ2n) is 8.32. The van der Waals surface area contributed by atoms with Crippen LogP contribution < -0.4 is 5.32 Å². The smallest absolute Gasteiger partial charge is 0.317 e. The topological polar surface area (TPSA) is 38.8 Å². The summed E-state index contributed by atoms with van der Waals surface area (Å²) in [5.74, 6) is 0.797. The molecule has 3 rings (SSSR count). The molecular weight excluding hydrogens is 300 g/mol. The Balaban J connectivity index is 1.37. The second kappa shape index (κ2) is 8.52. The molecule has 24 heavy (non-hydrogen) atoms. The maximum absolute atomic E-state index is 12.5. The van der Waals surface area contributed by atoms with Crippen LogP contribution in [-0.2, 0) is 0 Å². The Hall–Kier alpha value is -0.810. The Kier molecular flexibility index (Phi) is 6.39. The van der Waals surface area contributed by atoms with E-state index in [1.54, 1.807) is 0 Å². The van der Waals surface area contributed by atoms with Crippen LogP contribution >= 0.6 is 0 Å². The minimum atomic E-state index is 0.138. The van der Waals surface area contributed by atoms with Crippen molar-refractivity contribution in [1.29, 1.82) is 0 Å². The molecule has 2 saturated heterocycles. The highest BCUT2D eigenvalue weighted by molar-refractivity contribution is 5.74. The third kappa shape index (κ3) is 4.85. The first-order chi connectivity index (χ1) is 11.6. The van der Waals surface area contributed by atoms with Crippen LogP contribution in [0.5, 0.6) is 0 Å². The van der Waals surface area contributed by atoms with Crippen molar-refractivity contribution in [2.75, 3.05) is 45.8 Å². The van der Waals surface area contributed by atoms with Crippen molar-refractivity contribution >= 4 is 6.03 Å². The van der Waals surface area contributed by atoms with Crippen LogP contribution in [0.3, 0.4) is 0 Å². The summed E-state index contributed by atoms with van der Waals surface area (Å²) in [7, 11) is 0. The Morgan fingerprint density at radius 3 is 2.42 bits per heavy atom. The molecule has 2 atom stereocenters. The minimum Gasteiger partial charge on any atom is -0.334 e. The molecule has 0 aromatic heterocycles. The minimum absolute atomic E-state index is 0.138. The van der Waals surface area contributed by atoms with Crippen LogP contribution in [0.2, 0.25) is 0 Å². The van der Waals surface area contributed by atoms with Gasteiger partial charge in [0.1, 0.15) is 0 Å². The van der Waals surface area contributed by atoms with Crippen LogP contribution in [0, 0.1) is 5.92 Å². The summed E-state index contributed by atoms with van der Waals surface area (Å²) in [5.41, 5.74) is 0. The molecule has 2 amide bonds. The van der Waals surface area contributed by atoms with E-state index in [0.717, 1.165) is 44.7 Å². The predicted molar refractivity (Wildman–Crippen MR) is 98.2 cm³/mol. The zero-order chi connectivity index (χ0) is 16.9. The van der Waals surface area contributed by atoms with E-state index >= 15 is 0 Å². The largest absolute Gasteiger partial charge is 0.334 e. The van der Waals surface area contributed by atoms with Gasteiger partial charge in [0.15, 0.2) is 0 Å². The molecule has 0 radical (unpaired) electrons. The van der Waals surface area contributed by atoms with Crippen molar-refractivity contribution in [3.8, 4) is 0 Å². The molecule has 2 aliphatic heterocycles. The fourth-order valence-electron chi connectivity index (χ4n) is 4.75. The number of likely N-dealkylation sites (tertiary alicyclic amines) is 1. The number of hydrogen-bond acceptors (Lipinski definition) is 3. The second-order valence-corrected chi connectivity index (χ2v) is 8.32. The average molecular weight is 337 g/mol. The molecule has 0 spiro atoms. The highest BCUT2D eigenvalue weighted by atomic mass is 16.2. The molecule has 3 aliphatic rings. The lowest BCUT2D eigenvalue weighted by Crippen LogP contribution is -2.56. The fraction of sp³-hybridized carbons (Fsp3) is 0.947. The number of nitrogens with one attached hydrogen (secondary N) is 1. The number of carbonyl (C=O) groups excluding carboxylic acids is 1.